The van der Waals surface area contributed by atoms with E-state index in [1.807, 2.05) is 0 Å². The molecule has 0 amide bonds. The minimum atomic E-state index is -0.613. The SMILES string of the molecule is COc1cccc(-c2ccc(Cl)c(C#N)c2F)c1. The van der Waals surface area contributed by atoms with Gasteiger partial charge in [-0.2, -0.15) is 5.26 Å². The summed E-state index contributed by atoms with van der Waals surface area (Å²) >= 11 is 5.76. The first-order valence-electron chi connectivity index (χ1n) is 5.20. The number of halogens is 2. The van der Waals surface area contributed by atoms with Gasteiger partial charge in [0.05, 0.1) is 12.1 Å². The smallest absolute Gasteiger partial charge is 0.150 e. The predicted octanol–water partition coefficient (Wildman–Crippen LogP) is 4.03. The second-order valence-corrected chi connectivity index (χ2v) is 4.03. The molecule has 0 atom stereocenters. The molecule has 0 fully saturated rings. The predicted molar refractivity (Wildman–Crippen MR) is 68.1 cm³/mol. The van der Waals surface area contributed by atoms with Crippen LogP contribution in [0.2, 0.25) is 5.02 Å². The fraction of sp³-hybridized carbons (Fsp3) is 0.0714. The summed E-state index contributed by atoms with van der Waals surface area (Å²) < 4.78 is 19.2. The average Bonchev–Trinajstić information content (AvgIpc) is 2.39. The van der Waals surface area contributed by atoms with E-state index in [4.69, 9.17) is 21.6 Å². The van der Waals surface area contributed by atoms with Crippen molar-refractivity contribution in [3.63, 3.8) is 0 Å². The first-order valence-corrected chi connectivity index (χ1v) is 5.57. The van der Waals surface area contributed by atoms with Crippen LogP contribution in [0.15, 0.2) is 36.4 Å². The number of ether oxygens (including phenoxy) is 1. The minimum absolute atomic E-state index is 0.113. The molecule has 18 heavy (non-hydrogen) atoms. The highest BCUT2D eigenvalue weighted by Crippen LogP contribution is 2.30. The molecule has 0 unspecified atom stereocenters. The molecule has 0 spiro atoms. The summed E-state index contributed by atoms with van der Waals surface area (Å²) in [6.45, 7) is 0. The zero-order valence-corrected chi connectivity index (χ0v) is 10.3. The highest BCUT2D eigenvalue weighted by molar-refractivity contribution is 6.31. The third-order valence-electron chi connectivity index (χ3n) is 2.58. The molecule has 90 valence electrons. The van der Waals surface area contributed by atoms with Crippen LogP contribution in [0.5, 0.6) is 5.75 Å². The summed E-state index contributed by atoms with van der Waals surface area (Å²) in [5, 5.41) is 8.98. The number of rotatable bonds is 2. The quantitative estimate of drug-likeness (QED) is 0.818. The molecule has 0 saturated carbocycles. The van der Waals surface area contributed by atoms with Crippen LogP contribution in [-0.4, -0.2) is 7.11 Å². The maximum absolute atomic E-state index is 14.1. The zero-order chi connectivity index (χ0) is 13.1. The first kappa shape index (κ1) is 12.4. The van der Waals surface area contributed by atoms with E-state index in [0.29, 0.717) is 16.9 Å². The Morgan fingerprint density at radius 2 is 2.06 bits per heavy atom. The van der Waals surface area contributed by atoms with Gasteiger partial charge < -0.3 is 4.74 Å². The van der Waals surface area contributed by atoms with E-state index in [0.717, 1.165) is 0 Å². The number of benzene rings is 2. The molecular formula is C14H9ClFNO. The van der Waals surface area contributed by atoms with Crippen molar-refractivity contribution in [2.24, 2.45) is 0 Å². The van der Waals surface area contributed by atoms with Crippen LogP contribution < -0.4 is 4.74 Å². The Morgan fingerprint density at radius 1 is 1.28 bits per heavy atom. The molecule has 2 nitrogen and oxygen atoms in total. The second-order valence-electron chi connectivity index (χ2n) is 3.63. The Bertz CT molecular complexity index is 634. The minimum Gasteiger partial charge on any atom is -0.497 e. The lowest BCUT2D eigenvalue weighted by atomic mass is 10.0. The summed E-state index contributed by atoms with van der Waals surface area (Å²) in [6.07, 6.45) is 0. The van der Waals surface area contributed by atoms with Gasteiger partial charge in [0.1, 0.15) is 23.2 Å². The van der Waals surface area contributed by atoms with Crippen LogP contribution in [0.25, 0.3) is 11.1 Å². The van der Waals surface area contributed by atoms with E-state index >= 15 is 0 Å². The summed E-state index contributed by atoms with van der Waals surface area (Å²) in [7, 11) is 1.54. The zero-order valence-electron chi connectivity index (χ0n) is 9.58. The van der Waals surface area contributed by atoms with Gasteiger partial charge in [-0.25, -0.2) is 4.39 Å². The molecule has 0 aliphatic carbocycles. The number of methoxy groups -OCH3 is 1. The van der Waals surface area contributed by atoms with Crippen LogP contribution in [0.1, 0.15) is 5.56 Å². The highest BCUT2D eigenvalue weighted by atomic mass is 35.5. The molecule has 4 heteroatoms. The maximum atomic E-state index is 14.1. The Hall–Kier alpha value is -2.05. The van der Waals surface area contributed by atoms with Gasteiger partial charge in [-0.1, -0.05) is 23.7 Å². The number of nitrogens with zero attached hydrogens (tertiary/aromatic N) is 1. The van der Waals surface area contributed by atoms with E-state index < -0.39 is 5.82 Å². The van der Waals surface area contributed by atoms with Crippen LogP contribution in [0.4, 0.5) is 4.39 Å². The van der Waals surface area contributed by atoms with Gasteiger partial charge in [-0.05, 0) is 29.8 Å². The maximum Gasteiger partial charge on any atom is 0.150 e. The second kappa shape index (κ2) is 5.07. The van der Waals surface area contributed by atoms with Crippen LogP contribution in [-0.2, 0) is 0 Å². The first-order chi connectivity index (χ1) is 8.67. The average molecular weight is 262 g/mol. The van der Waals surface area contributed by atoms with Gasteiger partial charge in [-0.15, -0.1) is 0 Å². The molecule has 0 radical (unpaired) electrons. The molecule has 2 aromatic rings. The molecule has 2 rings (SSSR count). The van der Waals surface area contributed by atoms with Crippen molar-refractivity contribution in [1.82, 2.24) is 0 Å². The number of hydrogen-bond donors (Lipinski definition) is 0. The lowest BCUT2D eigenvalue weighted by molar-refractivity contribution is 0.415. The van der Waals surface area contributed by atoms with E-state index in [9.17, 15) is 4.39 Å². The highest BCUT2D eigenvalue weighted by Gasteiger charge is 2.13. The standard InChI is InChI=1S/C14H9ClFNO/c1-18-10-4-2-3-9(7-10)11-5-6-13(15)12(8-17)14(11)16/h2-7H,1H3. The molecule has 0 heterocycles. The fourth-order valence-corrected chi connectivity index (χ4v) is 1.86. The Kier molecular flexibility index (Phi) is 3.50. The van der Waals surface area contributed by atoms with Crippen molar-refractivity contribution in [3.8, 4) is 22.9 Å². The molecule has 2 aromatic carbocycles. The van der Waals surface area contributed by atoms with Gasteiger partial charge in [0.25, 0.3) is 0 Å². The van der Waals surface area contributed by atoms with Gasteiger partial charge in [-0.3, -0.25) is 0 Å². The molecule has 0 saturated heterocycles. The van der Waals surface area contributed by atoms with E-state index in [-0.39, 0.29) is 10.6 Å². The number of hydrogen-bond acceptors (Lipinski definition) is 2. The van der Waals surface area contributed by atoms with E-state index in [2.05, 4.69) is 0 Å². The van der Waals surface area contributed by atoms with Crippen molar-refractivity contribution in [2.75, 3.05) is 7.11 Å². The monoisotopic (exact) mass is 261 g/mol. The summed E-state index contributed by atoms with van der Waals surface area (Å²) in [4.78, 5) is 0. The fourth-order valence-electron chi connectivity index (χ4n) is 1.67. The Morgan fingerprint density at radius 3 is 2.72 bits per heavy atom. The molecule has 0 bridgehead atoms. The number of nitriles is 1. The van der Waals surface area contributed by atoms with Gasteiger partial charge >= 0.3 is 0 Å². The van der Waals surface area contributed by atoms with Gasteiger partial charge in [0.15, 0.2) is 0 Å². The van der Waals surface area contributed by atoms with Crippen molar-refractivity contribution >= 4 is 11.6 Å². The van der Waals surface area contributed by atoms with Crippen molar-refractivity contribution in [3.05, 3.63) is 52.8 Å². The Labute approximate surface area is 109 Å². The lowest BCUT2D eigenvalue weighted by Gasteiger charge is -2.07. The summed E-state index contributed by atoms with van der Waals surface area (Å²) in [5.41, 5.74) is 0.826. The largest absolute Gasteiger partial charge is 0.497 e. The summed E-state index contributed by atoms with van der Waals surface area (Å²) in [6, 6.07) is 11.8. The van der Waals surface area contributed by atoms with Crippen molar-refractivity contribution in [1.29, 1.82) is 5.26 Å². The van der Waals surface area contributed by atoms with Gasteiger partial charge in [0.2, 0.25) is 0 Å². The van der Waals surface area contributed by atoms with E-state index in [1.165, 1.54) is 13.2 Å². The third kappa shape index (κ3) is 2.15. The lowest BCUT2D eigenvalue weighted by Crippen LogP contribution is -1.91. The van der Waals surface area contributed by atoms with Crippen LogP contribution in [0, 0.1) is 17.1 Å². The molecule has 0 aromatic heterocycles. The van der Waals surface area contributed by atoms with Crippen LogP contribution in [0.3, 0.4) is 0 Å². The van der Waals surface area contributed by atoms with Crippen molar-refractivity contribution < 1.29 is 9.13 Å². The Balaban J connectivity index is 2.61. The van der Waals surface area contributed by atoms with Crippen LogP contribution >= 0.6 is 11.6 Å². The third-order valence-corrected chi connectivity index (χ3v) is 2.90. The molecule has 0 aliphatic rings. The van der Waals surface area contributed by atoms with Crippen molar-refractivity contribution in [2.45, 2.75) is 0 Å². The van der Waals surface area contributed by atoms with Gasteiger partial charge in [0, 0.05) is 5.56 Å². The molecular weight excluding hydrogens is 253 g/mol. The molecule has 0 aliphatic heterocycles. The summed E-state index contributed by atoms with van der Waals surface area (Å²) in [5.74, 6) is 0.0126. The van der Waals surface area contributed by atoms with E-state index in [1.54, 1.807) is 36.4 Å². The topological polar surface area (TPSA) is 33.0 Å². The molecule has 0 N–H and O–H groups in total. The normalized spacial score (nSPS) is 9.89.